The first-order valence-electron chi connectivity index (χ1n) is 7.55. The maximum absolute atomic E-state index is 3.46. The minimum Gasteiger partial charge on any atom is -0.259 e. The summed E-state index contributed by atoms with van der Waals surface area (Å²) in [6.07, 6.45) is 0. The van der Waals surface area contributed by atoms with Crippen molar-refractivity contribution in [1.29, 1.82) is 0 Å². The molecule has 0 fully saturated rings. The van der Waals surface area contributed by atoms with Gasteiger partial charge in [0.2, 0.25) is 0 Å². The van der Waals surface area contributed by atoms with Gasteiger partial charge in [-0.2, -0.15) is 0 Å². The van der Waals surface area contributed by atoms with Gasteiger partial charge in [-0.3, -0.25) is 4.72 Å². The molecule has 0 aliphatic rings. The van der Waals surface area contributed by atoms with Crippen molar-refractivity contribution < 1.29 is 0 Å². The predicted molar refractivity (Wildman–Crippen MR) is 104 cm³/mol. The standard InChI is InChI=1S/C20H18BrNS/c21-20-12-8-17(9-13-20)15-23-22-14-16-6-10-19(11-7-16)18-4-2-1-3-5-18/h1-13,22H,14-15H2. The van der Waals surface area contributed by atoms with Gasteiger partial charge in [-0.05, 0) is 34.4 Å². The lowest BCUT2D eigenvalue weighted by Crippen LogP contribution is -2.03. The minimum atomic E-state index is 0.871. The first-order valence-corrected chi connectivity index (χ1v) is 9.32. The van der Waals surface area contributed by atoms with Crippen LogP contribution in [-0.2, 0) is 12.3 Å². The van der Waals surface area contributed by atoms with E-state index in [0.29, 0.717) is 0 Å². The molecule has 0 amide bonds. The van der Waals surface area contributed by atoms with Crippen LogP contribution in [0.2, 0.25) is 0 Å². The largest absolute Gasteiger partial charge is 0.259 e. The van der Waals surface area contributed by atoms with Crippen LogP contribution < -0.4 is 4.72 Å². The number of hydrogen-bond acceptors (Lipinski definition) is 2. The molecule has 0 aliphatic carbocycles. The molecular formula is C20H18BrNS. The summed E-state index contributed by atoms with van der Waals surface area (Å²) in [5.74, 6) is 0.968. The van der Waals surface area contributed by atoms with Gasteiger partial charge in [0.25, 0.3) is 0 Å². The molecule has 0 radical (unpaired) electrons. The lowest BCUT2D eigenvalue weighted by Gasteiger charge is -2.06. The van der Waals surface area contributed by atoms with Gasteiger partial charge in [-0.25, -0.2) is 0 Å². The van der Waals surface area contributed by atoms with Crippen LogP contribution in [0.25, 0.3) is 11.1 Å². The van der Waals surface area contributed by atoms with Crippen molar-refractivity contribution in [2.45, 2.75) is 12.3 Å². The van der Waals surface area contributed by atoms with Gasteiger partial charge in [-0.1, -0.05) is 94.6 Å². The molecule has 0 unspecified atom stereocenters. The lowest BCUT2D eigenvalue weighted by atomic mass is 10.0. The van der Waals surface area contributed by atoms with E-state index in [1.807, 2.05) is 6.07 Å². The second-order valence-electron chi connectivity index (χ2n) is 5.30. The summed E-state index contributed by atoms with van der Waals surface area (Å²) in [6, 6.07) is 27.7. The van der Waals surface area contributed by atoms with Crippen molar-refractivity contribution in [1.82, 2.24) is 4.72 Å². The maximum Gasteiger partial charge on any atom is 0.0330 e. The fourth-order valence-corrected chi connectivity index (χ4v) is 3.29. The summed E-state index contributed by atoms with van der Waals surface area (Å²) in [6.45, 7) is 0.871. The van der Waals surface area contributed by atoms with Crippen molar-refractivity contribution in [2.75, 3.05) is 0 Å². The summed E-state index contributed by atoms with van der Waals surface area (Å²) < 4.78 is 4.55. The first kappa shape index (κ1) is 16.3. The molecule has 0 saturated heterocycles. The molecule has 3 aromatic rings. The number of hydrogen-bond donors (Lipinski definition) is 1. The smallest absolute Gasteiger partial charge is 0.0330 e. The second-order valence-corrected chi connectivity index (χ2v) is 7.08. The van der Waals surface area contributed by atoms with Crippen molar-refractivity contribution in [3.63, 3.8) is 0 Å². The Kier molecular flexibility index (Phi) is 5.92. The van der Waals surface area contributed by atoms with Crippen LogP contribution in [0.5, 0.6) is 0 Å². The zero-order valence-corrected chi connectivity index (χ0v) is 15.1. The molecule has 0 aromatic heterocycles. The summed E-state index contributed by atoms with van der Waals surface area (Å²) in [7, 11) is 0. The average molecular weight is 384 g/mol. The Labute approximate surface area is 150 Å². The number of nitrogens with one attached hydrogen (secondary N) is 1. The SMILES string of the molecule is Brc1ccc(CSNCc2ccc(-c3ccccc3)cc2)cc1. The molecule has 0 heterocycles. The molecule has 0 spiro atoms. The fraction of sp³-hybridized carbons (Fsp3) is 0.100. The van der Waals surface area contributed by atoms with E-state index in [4.69, 9.17) is 0 Å². The molecular weight excluding hydrogens is 366 g/mol. The summed E-state index contributed by atoms with van der Waals surface area (Å²) >= 11 is 5.20. The van der Waals surface area contributed by atoms with Crippen LogP contribution in [-0.4, -0.2) is 0 Å². The summed E-state index contributed by atoms with van der Waals surface area (Å²) in [4.78, 5) is 0. The highest BCUT2D eigenvalue weighted by atomic mass is 79.9. The third-order valence-electron chi connectivity index (χ3n) is 3.59. The van der Waals surface area contributed by atoms with Crippen LogP contribution in [0.4, 0.5) is 0 Å². The minimum absolute atomic E-state index is 0.871. The zero-order chi connectivity index (χ0) is 15.9. The third kappa shape index (κ3) is 4.96. The molecule has 0 atom stereocenters. The first-order chi connectivity index (χ1) is 11.3. The topological polar surface area (TPSA) is 12.0 Å². The van der Waals surface area contributed by atoms with Gasteiger partial charge in [0.15, 0.2) is 0 Å². The number of benzene rings is 3. The molecule has 3 rings (SSSR count). The van der Waals surface area contributed by atoms with Crippen LogP contribution in [0.3, 0.4) is 0 Å². The van der Waals surface area contributed by atoms with E-state index in [0.717, 1.165) is 16.8 Å². The highest BCUT2D eigenvalue weighted by Crippen LogP contribution is 2.19. The Balaban J connectivity index is 1.48. The van der Waals surface area contributed by atoms with Crippen molar-refractivity contribution in [3.8, 4) is 11.1 Å². The Morgan fingerprint density at radius 2 is 1.30 bits per heavy atom. The molecule has 3 aromatic carbocycles. The van der Waals surface area contributed by atoms with E-state index in [1.165, 1.54) is 22.3 Å². The highest BCUT2D eigenvalue weighted by molar-refractivity contribution is 9.10. The Hall–Kier alpha value is -1.55. The van der Waals surface area contributed by atoms with E-state index >= 15 is 0 Å². The quantitative estimate of drug-likeness (QED) is 0.410. The fourth-order valence-electron chi connectivity index (χ4n) is 2.30. The van der Waals surface area contributed by atoms with Crippen LogP contribution in [0, 0.1) is 0 Å². The highest BCUT2D eigenvalue weighted by Gasteiger charge is 1.98. The Morgan fingerprint density at radius 3 is 2.00 bits per heavy atom. The molecule has 0 bridgehead atoms. The van der Waals surface area contributed by atoms with Gasteiger partial charge < -0.3 is 0 Å². The van der Waals surface area contributed by atoms with E-state index in [2.05, 4.69) is 93.4 Å². The van der Waals surface area contributed by atoms with Gasteiger partial charge in [0.05, 0.1) is 0 Å². The van der Waals surface area contributed by atoms with Gasteiger partial charge >= 0.3 is 0 Å². The van der Waals surface area contributed by atoms with Crippen molar-refractivity contribution >= 4 is 27.9 Å². The summed E-state index contributed by atoms with van der Waals surface area (Å²) in [5, 5.41) is 0. The predicted octanol–water partition coefficient (Wildman–Crippen LogP) is 6.05. The van der Waals surface area contributed by atoms with E-state index in [1.54, 1.807) is 11.9 Å². The second kappa shape index (κ2) is 8.34. The normalized spacial score (nSPS) is 10.7. The van der Waals surface area contributed by atoms with Crippen LogP contribution in [0.15, 0.2) is 83.3 Å². The van der Waals surface area contributed by atoms with E-state index in [-0.39, 0.29) is 0 Å². The number of halogens is 1. The molecule has 0 saturated carbocycles. The Bertz CT molecular complexity index is 724. The van der Waals surface area contributed by atoms with Crippen molar-refractivity contribution in [3.05, 3.63) is 94.5 Å². The molecule has 116 valence electrons. The Morgan fingerprint density at radius 1 is 0.696 bits per heavy atom. The molecule has 1 N–H and O–H groups in total. The monoisotopic (exact) mass is 383 g/mol. The van der Waals surface area contributed by atoms with Gasteiger partial charge in [-0.15, -0.1) is 0 Å². The lowest BCUT2D eigenvalue weighted by molar-refractivity contribution is 0.975. The maximum atomic E-state index is 3.46. The zero-order valence-electron chi connectivity index (χ0n) is 12.7. The van der Waals surface area contributed by atoms with Crippen molar-refractivity contribution in [2.24, 2.45) is 0 Å². The van der Waals surface area contributed by atoms with E-state index in [9.17, 15) is 0 Å². The average Bonchev–Trinajstić information content (AvgIpc) is 2.62. The number of rotatable bonds is 6. The van der Waals surface area contributed by atoms with E-state index < -0.39 is 0 Å². The van der Waals surface area contributed by atoms with Crippen LogP contribution in [0.1, 0.15) is 11.1 Å². The third-order valence-corrected chi connectivity index (χ3v) is 4.95. The molecule has 23 heavy (non-hydrogen) atoms. The van der Waals surface area contributed by atoms with Gasteiger partial charge in [0.1, 0.15) is 0 Å². The summed E-state index contributed by atoms with van der Waals surface area (Å²) in [5.41, 5.74) is 5.15. The molecule has 3 heteroatoms. The molecule has 0 aliphatic heterocycles. The van der Waals surface area contributed by atoms with Crippen LogP contribution >= 0.6 is 27.9 Å². The van der Waals surface area contributed by atoms with Gasteiger partial charge in [0, 0.05) is 16.8 Å². The molecule has 1 nitrogen and oxygen atoms in total.